The SMILES string of the molecule is O=c1[nH]c(-c2ccc(OCCO)cc2)c(O)n1[C@H](Cc1ccccc1)c1nc2ccc(C3CC3)cc2[nH]1. The van der Waals surface area contributed by atoms with Gasteiger partial charge in [0.1, 0.15) is 29.9 Å². The number of aromatic nitrogens is 4. The number of imidazole rings is 2. The van der Waals surface area contributed by atoms with E-state index >= 15 is 0 Å². The number of rotatable bonds is 9. The maximum atomic E-state index is 13.3. The molecule has 3 aromatic carbocycles. The van der Waals surface area contributed by atoms with Crippen LogP contribution >= 0.6 is 0 Å². The van der Waals surface area contributed by atoms with Gasteiger partial charge in [0.2, 0.25) is 5.88 Å². The van der Waals surface area contributed by atoms with Crippen molar-refractivity contribution in [3.05, 3.63) is 100 Å². The van der Waals surface area contributed by atoms with Crippen molar-refractivity contribution in [2.45, 2.75) is 31.2 Å². The first-order valence-corrected chi connectivity index (χ1v) is 12.5. The molecule has 8 heteroatoms. The average Bonchev–Trinajstić information content (AvgIpc) is 3.62. The maximum absolute atomic E-state index is 13.3. The largest absolute Gasteiger partial charge is 0.493 e. The van der Waals surface area contributed by atoms with Crippen LogP contribution in [0.1, 0.15) is 41.8 Å². The van der Waals surface area contributed by atoms with Crippen molar-refractivity contribution >= 4 is 11.0 Å². The van der Waals surface area contributed by atoms with E-state index in [9.17, 15) is 9.90 Å². The summed E-state index contributed by atoms with van der Waals surface area (Å²) in [6.45, 7) is 0.115. The predicted octanol–water partition coefficient (Wildman–Crippen LogP) is 4.51. The van der Waals surface area contributed by atoms with Gasteiger partial charge in [0.15, 0.2) is 0 Å². The number of aliphatic hydroxyl groups excluding tert-OH is 1. The molecule has 0 unspecified atom stereocenters. The molecule has 5 aromatic rings. The second-order valence-electron chi connectivity index (χ2n) is 9.47. The average molecular weight is 497 g/mol. The van der Waals surface area contributed by atoms with Gasteiger partial charge in [0.05, 0.1) is 17.6 Å². The standard InChI is InChI=1S/C29H28N4O4/c34-14-15-37-22-11-8-20(9-12-22)26-28(35)33(29(36)32-26)25(16-18-4-2-1-3-5-18)27-30-23-13-10-21(19-6-7-19)17-24(23)31-27/h1-5,8-13,17,19,25,34-35H,6-7,14-16H2,(H,30,31)(H,32,36)/t25-/m1/s1. The van der Waals surface area contributed by atoms with E-state index in [4.69, 9.17) is 14.8 Å². The molecule has 1 fully saturated rings. The van der Waals surface area contributed by atoms with Gasteiger partial charge in [-0.3, -0.25) is 4.57 Å². The van der Waals surface area contributed by atoms with Gasteiger partial charge in [-0.15, -0.1) is 0 Å². The second kappa shape index (κ2) is 9.63. The highest BCUT2D eigenvalue weighted by molar-refractivity contribution is 5.76. The van der Waals surface area contributed by atoms with E-state index in [1.165, 1.54) is 23.0 Å². The molecule has 2 aromatic heterocycles. The molecule has 188 valence electrons. The molecule has 0 saturated heterocycles. The monoisotopic (exact) mass is 496 g/mol. The van der Waals surface area contributed by atoms with Crippen LogP contribution in [0.5, 0.6) is 11.6 Å². The summed E-state index contributed by atoms with van der Waals surface area (Å²) in [6, 6.07) is 22.6. The second-order valence-corrected chi connectivity index (χ2v) is 9.47. The summed E-state index contributed by atoms with van der Waals surface area (Å²) in [7, 11) is 0. The third-order valence-corrected chi connectivity index (χ3v) is 6.88. The van der Waals surface area contributed by atoms with Crippen LogP contribution in [-0.4, -0.2) is 42.9 Å². The minimum atomic E-state index is -0.552. The third kappa shape index (κ3) is 4.63. The van der Waals surface area contributed by atoms with Gasteiger partial charge >= 0.3 is 5.69 Å². The quantitative estimate of drug-likeness (QED) is 0.240. The number of aliphatic hydroxyl groups is 1. The lowest BCUT2D eigenvalue weighted by Gasteiger charge is -2.17. The van der Waals surface area contributed by atoms with Crippen molar-refractivity contribution in [3.63, 3.8) is 0 Å². The third-order valence-electron chi connectivity index (χ3n) is 6.88. The first-order chi connectivity index (χ1) is 18.1. The topological polar surface area (TPSA) is 116 Å². The Morgan fingerprint density at radius 3 is 2.54 bits per heavy atom. The van der Waals surface area contributed by atoms with Gasteiger partial charge < -0.3 is 24.9 Å². The molecule has 1 atom stereocenters. The maximum Gasteiger partial charge on any atom is 0.329 e. The Hall–Kier alpha value is -4.30. The molecule has 37 heavy (non-hydrogen) atoms. The van der Waals surface area contributed by atoms with Crippen LogP contribution in [-0.2, 0) is 6.42 Å². The minimum Gasteiger partial charge on any atom is -0.493 e. The van der Waals surface area contributed by atoms with E-state index in [2.05, 4.69) is 22.1 Å². The molecule has 1 aliphatic carbocycles. The van der Waals surface area contributed by atoms with Crippen molar-refractivity contribution in [2.75, 3.05) is 13.2 Å². The summed E-state index contributed by atoms with van der Waals surface area (Å²) in [5.41, 5.74) is 4.63. The lowest BCUT2D eigenvalue weighted by Crippen LogP contribution is -2.25. The molecule has 0 spiro atoms. The minimum absolute atomic E-state index is 0.0782. The fourth-order valence-electron chi connectivity index (χ4n) is 4.83. The van der Waals surface area contributed by atoms with Crippen molar-refractivity contribution in [2.24, 2.45) is 0 Å². The lowest BCUT2D eigenvalue weighted by atomic mass is 10.1. The number of benzene rings is 3. The number of fused-ring (bicyclic) bond motifs is 1. The summed E-state index contributed by atoms with van der Waals surface area (Å²) in [6.07, 6.45) is 2.90. The van der Waals surface area contributed by atoms with Crippen LogP contribution in [0.4, 0.5) is 0 Å². The van der Waals surface area contributed by atoms with Crippen molar-refractivity contribution in [3.8, 4) is 22.9 Å². The van der Waals surface area contributed by atoms with E-state index in [1.54, 1.807) is 24.3 Å². The number of aromatic amines is 2. The molecule has 0 aliphatic heterocycles. The first-order valence-electron chi connectivity index (χ1n) is 12.5. The molecule has 8 nitrogen and oxygen atoms in total. The van der Waals surface area contributed by atoms with E-state index < -0.39 is 11.7 Å². The van der Waals surface area contributed by atoms with Crippen LogP contribution in [0.15, 0.2) is 77.6 Å². The fourth-order valence-corrected chi connectivity index (χ4v) is 4.83. The van der Waals surface area contributed by atoms with Gasteiger partial charge in [-0.25, -0.2) is 9.78 Å². The van der Waals surface area contributed by atoms with Crippen molar-refractivity contribution in [1.29, 1.82) is 0 Å². The van der Waals surface area contributed by atoms with E-state index in [0.29, 0.717) is 35.2 Å². The Labute approximate surface area is 213 Å². The van der Waals surface area contributed by atoms with Crippen LogP contribution in [0.2, 0.25) is 0 Å². The van der Waals surface area contributed by atoms with Crippen LogP contribution in [0, 0.1) is 0 Å². The Balaban J connectivity index is 1.41. The normalized spacial score (nSPS) is 14.2. The Morgan fingerprint density at radius 2 is 1.81 bits per heavy atom. The Bertz CT molecular complexity index is 1580. The zero-order valence-electron chi connectivity index (χ0n) is 20.2. The van der Waals surface area contributed by atoms with Crippen molar-refractivity contribution in [1.82, 2.24) is 19.5 Å². The number of hydrogen-bond donors (Lipinski definition) is 4. The van der Waals surface area contributed by atoms with Gasteiger partial charge in [0.25, 0.3) is 0 Å². The molecular formula is C29H28N4O4. The summed E-state index contributed by atoms with van der Waals surface area (Å²) >= 11 is 0. The van der Waals surface area contributed by atoms with Gasteiger partial charge in [0, 0.05) is 12.0 Å². The molecule has 1 saturated carbocycles. The number of ether oxygens (including phenoxy) is 1. The first kappa shape index (κ1) is 23.1. The van der Waals surface area contributed by atoms with Gasteiger partial charge in [-0.05, 0) is 66.3 Å². The number of nitrogens with zero attached hydrogens (tertiary/aromatic N) is 2. The zero-order valence-corrected chi connectivity index (χ0v) is 20.2. The fraction of sp³-hybridized carbons (Fsp3) is 0.241. The van der Waals surface area contributed by atoms with E-state index in [0.717, 1.165) is 16.6 Å². The molecular weight excluding hydrogens is 468 g/mol. The van der Waals surface area contributed by atoms with Crippen LogP contribution in [0.25, 0.3) is 22.3 Å². The van der Waals surface area contributed by atoms with Crippen LogP contribution in [0.3, 0.4) is 0 Å². The molecule has 6 rings (SSSR count). The smallest absolute Gasteiger partial charge is 0.329 e. The summed E-state index contributed by atoms with van der Waals surface area (Å²) in [5, 5.41) is 20.3. The lowest BCUT2D eigenvalue weighted by molar-refractivity contribution is 0.201. The molecule has 0 amide bonds. The van der Waals surface area contributed by atoms with Crippen molar-refractivity contribution < 1.29 is 14.9 Å². The van der Waals surface area contributed by atoms with E-state index in [-0.39, 0.29) is 19.1 Å². The Kier molecular flexibility index (Phi) is 6.02. The van der Waals surface area contributed by atoms with Gasteiger partial charge in [-0.2, -0.15) is 0 Å². The highest BCUT2D eigenvalue weighted by atomic mass is 16.5. The zero-order chi connectivity index (χ0) is 25.4. The number of nitrogens with one attached hydrogen (secondary N) is 2. The number of H-pyrrole nitrogens is 2. The summed E-state index contributed by atoms with van der Waals surface area (Å²) in [5.74, 6) is 1.67. The number of aromatic hydroxyl groups is 1. The number of hydrogen-bond acceptors (Lipinski definition) is 5. The Morgan fingerprint density at radius 1 is 1.03 bits per heavy atom. The summed E-state index contributed by atoms with van der Waals surface area (Å²) < 4.78 is 6.79. The molecule has 1 aliphatic rings. The highest BCUT2D eigenvalue weighted by Gasteiger charge is 2.27. The predicted molar refractivity (Wildman–Crippen MR) is 141 cm³/mol. The van der Waals surface area contributed by atoms with Crippen LogP contribution < -0.4 is 10.4 Å². The van der Waals surface area contributed by atoms with Gasteiger partial charge in [-0.1, -0.05) is 36.4 Å². The molecule has 0 radical (unpaired) electrons. The summed E-state index contributed by atoms with van der Waals surface area (Å²) in [4.78, 5) is 24.4. The van der Waals surface area contributed by atoms with E-state index in [1.807, 2.05) is 36.4 Å². The molecule has 4 N–H and O–H groups in total. The highest BCUT2D eigenvalue weighted by Crippen LogP contribution is 2.41. The molecule has 0 bridgehead atoms. The molecule has 2 heterocycles.